The van der Waals surface area contributed by atoms with E-state index in [0.717, 1.165) is 10.6 Å². The maximum absolute atomic E-state index is 7.00. The molecule has 7 rings (SSSR count). The van der Waals surface area contributed by atoms with E-state index in [1.165, 1.54) is 44.5 Å². The zero-order chi connectivity index (χ0) is 18.8. The number of hydrogen-bond acceptors (Lipinski definition) is 0. The highest BCUT2D eigenvalue weighted by Crippen LogP contribution is 2.59. The maximum Gasteiger partial charge on any atom is 0.0480 e. The zero-order valence-corrected chi connectivity index (χ0v) is 16.4. The van der Waals surface area contributed by atoms with Gasteiger partial charge in [-0.15, -0.1) is 0 Å². The number of rotatable bonds is 1. The fourth-order valence-corrected chi connectivity index (χ4v) is 5.58. The average molecular weight is 379 g/mol. The van der Waals surface area contributed by atoms with E-state index >= 15 is 0 Å². The molecule has 1 heteroatoms. The molecule has 0 N–H and O–H groups in total. The van der Waals surface area contributed by atoms with E-state index in [1.807, 2.05) is 0 Å². The molecule has 0 radical (unpaired) electrons. The van der Waals surface area contributed by atoms with Crippen LogP contribution in [0.25, 0.3) is 11.1 Å². The Hall–Kier alpha value is -2.83. The van der Waals surface area contributed by atoms with Crippen molar-refractivity contribution in [1.29, 1.82) is 0 Å². The molecule has 0 aromatic heterocycles. The van der Waals surface area contributed by atoms with E-state index in [1.54, 1.807) is 0 Å². The second kappa shape index (κ2) is 5.83. The van der Waals surface area contributed by atoms with Gasteiger partial charge in [0, 0.05) is 16.9 Å². The lowest BCUT2D eigenvalue weighted by Gasteiger charge is -2.44. The van der Waals surface area contributed by atoms with Gasteiger partial charge in [-0.25, -0.2) is 0 Å². The van der Waals surface area contributed by atoms with Gasteiger partial charge in [0.25, 0.3) is 0 Å². The lowest BCUT2D eigenvalue weighted by molar-refractivity contribution is 0.755. The highest BCUT2D eigenvalue weighted by Gasteiger charge is 2.43. The summed E-state index contributed by atoms with van der Waals surface area (Å²) in [5.41, 5.74) is 12.1. The van der Waals surface area contributed by atoms with Gasteiger partial charge in [0.05, 0.1) is 0 Å². The predicted molar refractivity (Wildman–Crippen MR) is 116 cm³/mol. The quantitative estimate of drug-likeness (QED) is 0.281. The minimum atomic E-state index is 0.210. The highest BCUT2D eigenvalue weighted by molar-refractivity contribution is 6.32. The van der Waals surface area contributed by atoms with E-state index < -0.39 is 0 Å². The van der Waals surface area contributed by atoms with Gasteiger partial charge >= 0.3 is 0 Å². The summed E-state index contributed by atoms with van der Waals surface area (Å²) < 4.78 is 0. The molecule has 0 saturated heterocycles. The topological polar surface area (TPSA) is 0 Å². The molecule has 4 aromatic rings. The first-order chi connectivity index (χ1) is 13.8. The Kier molecular flexibility index (Phi) is 3.36. The molecular weight excluding hydrogens is 360 g/mol. The molecule has 0 unspecified atom stereocenters. The summed E-state index contributed by atoms with van der Waals surface area (Å²) in [4.78, 5) is 0. The maximum atomic E-state index is 7.00. The molecular formula is C27H19Cl. The van der Waals surface area contributed by atoms with Crippen molar-refractivity contribution in [2.24, 2.45) is 0 Å². The van der Waals surface area contributed by atoms with Crippen LogP contribution in [-0.2, 0) is 0 Å². The molecule has 0 spiro atoms. The lowest BCUT2D eigenvalue weighted by atomic mass is 9.59. The number of hydrogen-bond donors (Lipinski definition) is 0. The summed E-state index contributed by atoms with van der Waals surface area (Å²) in [5, 5.41) is 0.925. The first-order valence-electron chi connectivity index (χ1n) is 9.81. The van der Waals surface area contributed by atoms with Crippen LogP contribution in [0.5, 0.6) is 0 Å². The van der Waals surface area contributed by atoms with E-state index in [4.69, 9.17) is 11.6 Å². The molecule has 134 valence electrons. The van der Waals surface area contributed by atoms with Crippen molar-refractivity contribution < 1.29 is 0 Å². The highest BCUT2D eigenvalue weighted by atomic mass is 35.5. The van der Waals surface area contributed by atoms with Gasteiger partial charge in [-0.1, -0.05) is 90.5 Å². The number of benzene rings is 4. The summed E-state index contributed by atoms with van der Waals surface area (Å²) >= 11 is 7.00. The van der Waals surface area contributed by atoms with Crippen molar-refractivity contribution >= 4 is 11.6 Å². The molecule has 0 amide bonds. The van der Waals surface area contributed by atoms with Gasteiger partial charge in [-0.2, -0.15) is 0 Å². The van der Waals surface area contributed by atoms with E-state index in [2.05, 4.69) is 91.9 Å². The minimum absolute atomic E-state index is 0.210. The van der Waals surface area contributed by atoms with E-state index in [0.29, 0.717) is 0 Å². The Balaban J connectivity index is 1.77. The second-order valence-electron chi connectivity index (χ2n) is 7.87. The Morgan fingerprint density at radius 3 is 1.61 bits per heavy atom. The van der Waals surface area contributed by atoms with Crippen molar-refractivity contribution in [3.63, 3.8) is 0 Å². The van der Waals surface area contributed by atoms with Crippen LogP contribution in [0, 0.1) is 6.92 Å². The number of aryl methyl sites for hydroxylation is 1. The van der Waals surface area contributed by atoms with Gasteiger partial charge in [-0.3, -0.25) is 0 Å². The fourth-order valence-electron chi connectivity index (χ4n) is 5.31. The standard InChI is InChI=1S/C27H19Cl/c1-16-15-22(17-9-3-2-4-10-17)25-23-18-11-5-7-13-20(18)24(26(25)27(16)28)21-14-8-6-12-19(21)23/h2-15,23-24H,1H3. The van der Waals surface area contributed by atoms with Crippen LogP contribution < -0.4 is 0 Å². The van der Waals surface area contributed by atoms with Gasteiger partial charge in [-0.05, 0) is 63.1 Å². The smallest absolute Gasteiger partial charge is 0.0480 e. The SMILES string of the molecule is Cc1cc(-c2ccccc2)c2c(c1Cl)C1c3ccccc3C2c2ccccc21. The van der Waals surface area contributed by atoms with Crippen LogP contribution in [0.1, 0.15) is 50.8 Å². The van der Waals surface area contributed by atoms with Gasteiger partial charge in [0.2, 0.25) is 0 Å². The summed E-state index contributed by atoms with van der Waals surface area (Å²) in [6.45, 7) is 2.13. The van der Waals surface area contributed by atoms with Crippen molar-refractivity contribution in [1.82, 2.24) is 0 Å². The first kappa shape index (κ1) is 16.2. The molecule has 2 bridgehead atoms. The third-order valence-electron chi connectivity index (χ3n) is 6.42. The molecule has 28 heavy (non-hydrogen) atoms. The van der Waals surface area contributed by atoms with Gasteiger partial charge < -0.3 is 0 Å². The first-order valence-corrected chi connectivity index (χ1v) is 10.2. The Labute approximate surface area is 170 Å². The molecule has 0 fully saturated rings. The zero-order valence-electron chi connectivity index (χ0n) is 15.6. The van der Waals surface area contributed by atoms with Crippen molar-refractivity contribution in [3.8, 4) is 11.1 Å². The largest absolute Gasteiger partial charge is 0.0837 e. The summed E-state index contributed by atoms with van der Waals surface area (Å²) in [5.74, 6) is 0.447. The molecule has 0 atom stereocenters. The van der Waals surface area contributed by atoms with Gasteiger partial charge in [0.15, 0.2) is 0 Å². The lowest BCUT2D eigenvalue weighted by Crippen LogP contribution is -2.28. The van der Waals surface area contributed by atoms with Gasteiger partial charge in [0.1, 0.15) is 0 Å². The molecule has 0 saturated carbocycles. The molecule has 4 aromatic carbocycles. The summed E-state index contributed by atoms with van der Waals surface area (Å²) in [6.07, 6.45) is 0. The fraction of sp³-hybridized carbons (Fsp3) is 0.111. The summed E-state index contributed by atoms with van der Waals surface area (Å²) in [7, 11) is 0. The Bertz CT molecular complexity index is 1190. The third-order valence-corrected chi connectivity index (χ3v) is 6.92. The van der Waals surface area contributed by atoms with Crippen LogP contribution >= 0.6 is 11.6 Å². The molecule has 0 aliphatic heterocycles. The molecule has 0 heterocycles. The van der Waals surface area contributed by atoms with E-state index in [9.17, 15) is 0 Å². The summed E-state index contributed by atoms with van der Waals surface area (Å²) in [6, 6.07) is 30.8. The average Bonchev–Trinajstić information content (AvgIpc) is 2.76. The van der Waals surface area contributed by atoms with Crippen molar-refractivity contribution in [3.05, 3.63) is 129 Å². The van der Waals surface area contributed by atoms with Crippen LogP contribution in [-0.4, -0.2) is 0 Å². The van der Waals surface area contributed by atoms with Crippen LogP contribution in [0.2, 0.25) is 5.02 Å². The van der Waals surface area contributed by atoms with Crippen molar-refractivity contribution in [2.75, 3.05) is 0 Å². The monoisotopic (exact) mass is 378 g/mol. The Morgan fingerprint density at radius 2 is 1.07 bits per heavy atom. The van der Waals surface area contributed by atoms with Crippen LogP contribution in [0.4, 0.5) is 0 Å². The second-order valence-corrected chi connectivity index (χ2v) is 8.25. The molecule has 0 nitrogen and oxygen atoms in total. The molecule has 3 aliphatic carbocycles. The van der Waals surface area contributed by atoms with E-state index in [-0.39, 0.29) is 11.8 Å². The third kappa shape index (κ3) is 2.02. The number of halogens is 1. The Morgan fingerprint density at radius 1 is 0.607 bits per heavy atom. The van der Waals surface area contributed by atoms with Crippen LogP contribution in [0.3, 0.4) is 0 Å². The van der Waals surface area contributed by atoms with Crippen molar-refractivity contribution in [2.45, 2.75) is 18.8 Å². The normalized spacial score (nSPS) is 18.4. The minimum Gasteiger partial charge on any atom is -0.0837 e. The molecule has 3 aliphatic rings. The predicted octanol–water partition coefficient (Wildman–Crippen LogP) is 7.30. The van der Waals surface area contributed by atoms with Crippen LogP contribution in [0.15, 0.2) is 84.9 Å².